The molecule has 0 atom stereocenters. The van der Waals surface area contributed by atoms with Crippen LogP contribution in [-0.2, 0) is 0 Å². The molecule has 0 radical (unpaired) electrons. The second-order valence-corrected chi connectivity index (χ2v) is 6.32. The summed E-state index contributed by atoms with van der Waals surface area (Å²) in [4.78, 5) is 20.8. The Balaban J connectivity index is 1.49. The zero-order valence-electron chi connectivity index (χ0n) is 16.1. The Labute approximate surface area is 172 Å². The van der Waals surface area contributed by atoms with E-state index in [1.54, 1.807) is 37.4 Å². The van der Waals surface area contributed by atoms with Crippen LogP contribution in [0.4, 0.5) is 11.5 Å². The van der Waals surface area contributed by atoms with Crippen molar-refractivity contribution in [2.24, 2.45) is 0 Å². The third-order valence-corrected chi connectivity index (χ3v) is 4.45. The molecule has 1 heterocycles. The van der Waals surface area contributed by atoms with Crippen LogP contribution in [0.1, 0.15) is 10.4 Å². The van der Waals surface area contributed by atoms with Gasteiger partial charge in [0, 0.05) is 5.56 Å². The molecule has 1 amide bonds. The lowest BCUT2D eigenvalue weighted by Crippen LogP contribution is -2.30. The van der Waals surface area contributed by atoms with Gasteiger partial charge >= 0.3 is 0 Å². The molecule has 4 rings (SSSR count). The van der Waals surface area contributed by atoms with E-state index in [0.29, 0.717) is 17.1 Å². The van der Waals surface area contributed by atoms with E-state index in [4.69, 9.17) is 15.2 Å². The number of carbonyl (C=O) groups is 1. The zero-order valence-corrected chi connectivity index (χ0v) is 16.1. The number of nitrogens with two attached hydrogens (primary N) is 1. The molecule has 0 fully saturated rings. The predicted molar refractivity (Wildman–Crippen MR) is 115 cm³/mol. The minimum atomic E-state index is -0.317. The molecule has 1 aromatic heterocycles. The highest BCUT2D eigenvalue weighted by molar-refractivity contribution is 6.07. The zero-order chi connectivity index (χ0) is 20.9. The molecule has 0 aliphatic heterocycles. The summed E-state index contributed by atoms with van der Waals surface area (Å²) in [5.74, 6) is 1.31. The number of hydrogen-bond donors (Lipinski definition) is 3. The standard InChI is InChI=1S/C22H19N5O3/c1-29-15-9-11-16(12-10-15)30-22-19(23)20(24-13-25-22)26-27-21(28)18-8-4-6-14-5-2-3-7-17(14)18/h2-13H,23H2,1H3,(H,27,28)(H,24,25,26). The number of methoxy groups -OCH3 is 1. The van der Waals surface area contributed by atoms with Gasteiger partial charge < -0.3 is 15.2 Å². The average molecular weight is 401 g/mol. The van der Waals surface area contributed by atoms with Crippen molar-refractivity contribution in [3.05, 3.63) is 78.6 Å². The fraction of sp³-hybridized carbons (Fsp3) is 0.0455. The highest BCUT2D eigenvalue weighted by Gasteiger charge is 2.13. The van der Waals surface area contributed by atoms with Crippen LogP contribution in [0.3, 0.4) is 0 Å². The number of ether oxygens (including phenoxy) is 2. The molecule has 150 valence electrons. The van der Waals surface area contributed by atoms with Crippen LogP contribution in [0.25, 0.3) is 10.8 Å². The molecule has 30 heavy (non-hydrogen) atoms. The number of hydrogen-bond acceptors (Lipinski definition) is 7. The lowest BCUT2D eigenvalue weighted by atomic mass is 10.0. The maximum Gasteiger partial charge on any atom is 0.270 e. The van der Waals surface area contributed by atoms with Crippen LogP contribution in [0.15, 0.2) is 73.1 Å². The van der Waals surface area contributed by atoms with E-state index in [2.05, 4.69) is 20.8 Å². The van der Waals surface area contributed by atoms with Crippen molar-refractivity contribution in [2.75, 3.05) is 18.3 Å². The summed E-state index contributed by atoms with van der Waals surface area (Å²) in [6.07, 6.45) is 1.29. The first-order valence-corrected chi connectivity index (χ1v) is 9.12. The van der Waals surface area contributed by atoms with Gasteiger partial charge in [0.15, 0.2) is 5.82 Å². The molecule has 0 unspecified atom stereocenters. The highest BCUT2D eigenvalue weighted by Crippen LogP contribution is 2.29. The maximum absolute atomic E-state index is 12.7. The predicted octanol–water partition coefficient (Wildman–Crippen LogP) is 3.77. The van der Waals surface area contributed by atoms with Crippen LogP contribution >= 0.6 is 0 Å². The summed E-state index contributed by atoms with van der Waals surface area (Å²) in [7, 11) is 1.59. The van der Waals surface area contributed by atoms with Crippen molar-refractivity contribution in [2.45, 2.75) is 0 Å². The van der Waals surface area contributed by atoms with E-state index < -0.39 is 0 Å². The Bertz CT molecular complexity index is 1190. The summed E-state index contributed by atoms with van der Waals surface area (Å²) >= 11 is 0. The van der Waals surface area contributed by atoms with E-state index in [9.17, 15) is 4.79 Å². The molecular weight excluding hydrogens is 382 g/mol. The lowest BCUT2D eigenvalue weighted by molar-refractivity contribution is 0.0964. The topological polar surface area (TPSA) is 111 Å². The van der Waals surface area contributed by atoms with E-state index >= 15 is 0 Å². The van der Waals surface area contributed by atoms with Crippen LogP contribution in [0, 0.1) is 0 Å². The molecular formula is C22H19N5O3. The van der Waals surface area contributed by atoms with Crippen LogP contribution in [-0.4, -0.2) is 23.0 Å². The smallest absolute Gasteiger partial charge is 0.270 e. The first kappa shape index (κ1) is 19.0. The quantitative estimate of drug-likeness (QED) is 0.422. The minimum Gasteiger partial charge on any atom is -0.497 e. The summed E-state index contributed by atoms with van der Waals surface area (Å²) in [5, 5.41) is 1.82. The Morgan fingerprint density at radius 2 is 1.67 bits per heavy atom. The number of amides is 1. The molecule has 4 N–H and O–H groups in total. The average Bonchev–Trinajstić information content (AvgIpc) is 2.79. The van der Waals surface area contributed by atoms with Gasteiger partial charge in [-0.2, -0.15) is 4.98 Å². The number of benzene rings is 3. The van der Waals surface area contributed by atoms with Gasteiger partial charge in [-0.25, -0.2) is 4.98 Å². The third kappa shape index (κ3) is 3.93. The van der Waals surface area contributed by atoms with Crippen molar-refractivity contribution in [1.82, 2.24) is 15.4 Å². The van der Waals surface area contributed by atoms with Crippen molar-refractivity contribution < 1.29 is 14.3 Å². The van der Waals surface area contributed by atoms with Gasteiger partial charge in [0.1, 0.15) is 23.5 Å². The summed E-state index contributed by atoms with van der Waals surface area (Å²) < 4.78 is 10.8. The van der Waals surface area contributed by atoms with Gasteiger partial charge in [0.2, 0.25) is 5.88 Å². The summed E-state index contributed by atoms with van der Waals surface area (Å²) in [6.45, 7) is 0. The van der Waals surface area contributed by atoms with Crippen LogP contribution in [0.2, 0.25) is 0 Å². The summed E-state index contributed by atoms with van der Waals surface area (Å²) in [5.41, 5.74) is 12.2. The number of anilines is 2. The number of hydrazine groups is 1. The Morgan fingerprint density at radius 3 is 2.47 bits per heavy atom. The van der Waals surface area contributed by atoms with E-state index in [1.165, 1.54) is 6.33 Å². The Hall–Kier alpha value is -4.33. The van der Waals surface area contributed by atoms with Gasteiger partial charge in [0.05, 0.1) is 7.11 Å². The maximum atomic E-state index is 12.7. The molecule has 4 aromatic rings. The Kier molecular flexibility index (Phi) is 5.29. The third-order valence-electron chi connectivity index (χ3n) is 4.45. The van der Waals surface area contributed by atoms with Gasteiger partial charge in [0.25, 0.3) is 5.91 Å². The largest absolute Gasteiger partial charge is 0.497 e. The fourth-order valence-electron chi connectivity index (χ4n) is 2.92. The van der Waals surface area contributed by atoms with Crippen molar-refractivity contribution in [3.8, 4) is 17.4 Å². The van der Waals surface area contributed by atoms with E-state index in [1.807, 2.05) is 36.4 Å². The molecule has 0 aliphatic rings. The van der Waals surface area contributed by atoms with Gasteiger partial charge in [-0.15, -0.1) is 0 Å². The van der Waals surface area contributed by atoms with E-state index in [0.717, 1.165) is 10.8 Å². The number of fused-ring (bicyclic) bond motifs is 1. The van der Waals surface area contributed by atoms with Crippen molar-refractivity contribution in [1.29, 1.82) is 0 Å². The Morgan fingerprint density at radius 1 is 0.933 bits per heavy atom. The number of aromatic nitrogens is 2. The second kappa shape index (κ2) is 8.36. The molecule has 0 spiro atoms. The SMILES string of the molecule is COc1ccc(Oc2ncnc(NNC(=O)c3cccc4ccccc34)c2N)cc1. The molecule has 0 aliphatic carbocycles. The number of nitrogens with one attached hydrogen (secondary N) is 2. The van der Waals surface area contributed by atoms with Crippen LogP contribution < -0.4 is 26.1 Å². The monoisotopic (exact) mass is 401 g/mol. The van der Waals surface area contributed by atoms with Gasteiger partial charge in [-0.3, -0.25) is 15.6 Å². The molecule has 8 nitrogen and oxygen atoms in total. The molecule has 0 saturated carbocycles. The number of nitrogens with zero attached hydrogens (tertiary/aromatic N) is 2. The highest BCUT2D eigenvalue weighted by atomic mass is 16.5. The van der Waals surface area contributed by atoms with Gasteiger partial charge in [-0.05, 0) is 41.1 Å². The minimum absolute atomic E-state index is 0.159. The number of nitrogen functional groups attached to an aromatic ring is 1. The fourth-order valence-corrected chi connectivity index (χ4v) is 2.92. The second-order valence-electron chi connectivity index (χ2n) is 6.32. The molecule has 3 aromatic carbocycles. The number of rotatable bonds is 6. The normalized spacial score (nSPS) is 10.4. The van der Waals surface area contributed by atoms with Crippen molar-refractivity contribution in [3.63, 3.8) is 0 Å². The summed E-state index contributed by atoms with van der Waals surface area (Å²) in [6, 6.07) is 20.2. The molecule has 0 saturated heterocycles. The molecule has 0 bridgehead atoms. The van der Waals surface area contributed by atoms with Crippen molar-refractivity contribution >= 4 is 28.2 Å². The van der Waals surface area contributed by atoms with E-state index in [-0.39, 0.29) is 23.3 Å². The van der Waals surface area contributed by atoms with Crippen LogP contribution in [0.5, 0.6) is 17.4 Å². The van der Waals surface area contributed by atoms with Gasteiger partial charge in [-0.1, -0.05) is 36.4 Å². The lowest BCUT2D eigenvalue weighted by Gasteiger charge is -2.13. The molecule has 8 heteroatoms. The first-order chi connectivity index (χ1) is 14.7. The first-order valence-electron chi connectivity index (χ1n) is 9.12. The number of carbonyl (C=O) groups excluding carboxylic acids is 1.